The molecule has 0 atom stereocenters. The molecule has 0 radical (unpaired) electrons. The van der Waals surface area contributed by atoms with Gasteiger partial charge < -0.3 is 10.2 Å². The van der Waals surface area contributed by atoms with Gasteiger partial charge in [0.05, 0.1) is 11.1 Å². The summed E-state index contributed by atoms with van der Waals surface area (Å²) < 4.78 is 37.7. The fraction of sp³-hybridized carbons (Fsp3) is 0.316. The Bertz CT molecular complexity index is 799. The molecule has 1 aliphatic heterocycles. The van der Waals surface area contributed by atoms with E-state index in [0.29, 0.717) is 31.5 Å². The van der Waals surface area contributed by atoms with Gasteiger partial charge in [0.15, 0.2) is 0 Å². The smallest absolute Gasteiger partial charge is 0.349 e. The van der Waals surface area contributed by atoms with Crippen LogP contribution in [0, 0.1) is 0 Å². The molecule has 0 aliphatic carbocycles. The molecule has 0 bridgehead atoms. The number of nitrogens with one attached hydrogen (secondary N) is 1. The minimum absolute atomic E-state index is 0.101. The van der Waals surface area contributed by atoms with Gasteiger partial charge in [0.2, 0.25) is 0 Å². The molecule has 1 N–H and O–H groups in total. The molecule has 2 aromatic rings. The fourth-order valence-electron chi connectivity index (χ4n) is 2.98. The maximum Gasteiger partial charge on any atom is 0.416 e. The van der Waals surface area contributed by atoms with Gasteiger partial charge in [0.25, 0.3) is 11.8 Å². The number of nitrogens with zero attached hydrogens (tertiary/aromatic N) is 2. The van der Waals surface area contributed by atoms with Crippen molar-refractivity contribution in [3.63, 3.8) is 0 Å². The number of carbonyl (C=O) groups excluding carboxylic acids is 2. The third kappa shape index (κ3) is 4.64. The van der Waals surface area contributed by atoms with Crippen LogP contribution >= 0.6 is 0 Å². The zero-order valence-electron chi connectivity index (χ0n) is 14.4. The van der Waals surface area contributed by atoms with Crippen molar-refractivity contribution in [1.82, 2.24) is 15.2 Å². The number of amides is 2. The van der Waals surface area contributed by atoms with Crippen LogP contribution in [0.5, 0.6) is 0 Å². The van der Waals surface area contributed by atoms with E-state index in [4.69, 9.17) is 0 Å². The van der Waals surface area contributed by atoms with E-state index in [1.54, 1.807) is 23.2 Å². The van der Waals surface area contributed by atoms with Crippen LogP contribution in [-0.4, -0.2) is 40.8 Å². The predicted octanol–water partition coefficient (Wildman–Crippen LogP) is 3.14. The average molecular weight is 377 g/mol. The summed E-state index contributed by atoms with van der Waals surface area (Å²) in [6.45, 7) is 0.984. The molecule has 0 unspecified atom stereocenters. The summed E-state index contributed by atoms with van der Waals surface area (Å²) in [6.07, 6.45) is -0.153. The number of rotatable bonds is 3. The Labute approximate surface area is 154 Å². The van der Waals surface area contributed by atoms with Crippen LogP contribution in [0.3, 0.4) is 0 Å². The molecule has 142 valence electrons. The first-order valence-corrected chi connectivity index (χ1v) is 8.52. The molecule has 1 aromatic heterocycles. The molecule has 1 saturated heterocycles. The summed E-state index contributed by atoms with van der Waals surface area (Å²) in [5, 5.41) is 2.82. The van der Waals surface area contributed by atoms with Crippen molar-refractivity contribution < 1.29 is 22.8 Å². The number of alkyl halides is 3. The van der Waals surface area contributed by atoms with E-state index in [0.717, 1.165) is 12.1 Å². The molecule has 1 aliphatic rings. The Morgan fingerprint density at radius 1 is 1.04 bits per heavy atom. The second-order valence-electron chi connectivity index (χ2n) is 6.36. The summed E-state index contributed by atoms with van der Waals surface area (Å²) >= 11 is 0. The van der Waals surface area contributed by atoms with Crippen LogP contribution in [0.25, 0.3) is 0 Å². The van der Waals surface area contributed by atoms with Gasteiger partial charge in [0, 0.05) is 37.1 Å². The van der Waals surface area contributed by atoms with Crippen molar-refractivity contribution >= 4 is 11.8 Å². The SMILES string of the molecule is O=C(NC1CCN(C(=O)c2cccnc2)CC1)c1ccc(C(F)(F)F)cc1. The zero-order chi connectivity index (χ0) is 19.4. The number of pyridine rings is 1. The van der Waals surface area contributed by atoms with Crippen LogP contribution < -0.4 is 5.32 Å². The van der Waals surface area contributed by atoms with Crippen molar-refractivity contribution in [2.24, 2.45) is 0 Å². The minimum Gasteiger partial charge on any atom is -0.349 e. The monoisotopic (exact) mass is 377 g/mol. The van der Waals surface area contributed by atoms with E-state index in [2.05, 4.69) is 10.3 Å². The van der Waals surface area contributed by atoms with Crippen molar-refractivity contribution in [1.29, 1.82) is 0 Å². The molecule has 2 amide bonds. The van der Waals surface area contributed by atoms with Gasteiger partial charge in [-0.1, -0.05) is 0 Å². The highest BCUT2D eigenvalue weighted by Gasteiger charge is 2.30. The van der Waals surface area contributed by atoms with E-state index in [1.165, 1.54) is 18.3 Å². The highest BCUT2D eigenvalue weighted by molar-refractivity contribution is 5.95. The molecule has 1 aromatic carbocycles. The van der Waals surface area contributed by atoms with Crippen molar-refractivity contribution in [3.8, 4) is 0 Å². The number of halogens is 3. The fourth-order valence-corrected chi connectivity index (χ4v) is 2.98. The lowest BCUT2D eigenvalue weighted by molar-refractivity contribution is -0.137. The first kappa shape index (κ1) is 18.9. The number of likely N-dealkylation sites (tertiary alicyclic amines) is 1. The van der Waals surface area contributed by atoms with Gasteiger partial charge in [-0.25, -0.2) is 0 Å². The van der Waals surface area contributed by atoms with Gasteiger partial charge in [-0.2, -0.15) is 13.2 Å². The topological polar surface area (TPSA) is 62.3 Å². The molecule has 27 heavy (non-hydrogen) atoms. The van der Waals surface area contributed by atoms with Gasteiger partial charge >= 0.3 is 6.18 Å². The van der Waals surface area contributed by atoms with Crippen LogP contribution in [-0.2, 0) is 6.18 Å². The first-order valence-electron chi connectivity index (χ1n) is 8.52. The summed E-state index contributed by atoms with van der Waals surface area (Å²) in [7, 11) is 0. The van der Waals surface area contributed by atoms with E-state index >= 15 is 0 Å². The highest BCUT2D eigenvalue weighted by Crippen LogP contribution is 2.29. The summed E-state index contributed by atoms with van der Waals surface area (Å²) in [6, 6.07) is 7.39. The van der Waals surface area contributed by atoms with E-state index in [1.807, 2.05) is 0 Å². The standard InChI is InChI=1S/C19H18F3N3O2/c20-19(21,22)15-5-3-13(4-6-15)17(26)24-16-7-10-25(11-8-16)18(27)14-2-1-9-23-12-14/h1-6,9,12,16H,7-8,10-11H2,(H,24,26). The number of hydrogen-bond donors (Lipinski definition) is 1. The Balaban J connectivity index is 1.53. The van der Waals surface area contributed by atoms with Crippen LogP contribution in [0.1, 0.15) is 39.1 Å². The lowest BCUT2D eigenvalue weighted by atomic mass is 10.0. The normalized spacial score (nSPS) is 15.4. The third-order valence-corrected chi connectivity index (χ3v) is 4.50. The maximum atomic E-state index is 12.6. The molecule has 8 heteroatoms. The van der Waals surface area contributed by atoms with Gasteiger partial charge in [-0.15, -0.1) is 0 Å². The maximum absolute atomic E-state index is 12.6. The second-order valence-corrected chi connectivity index (χ2v) is 6.36. The highest BCUT2D eigenvalue weighted by atomic mass is 19.4. The van der Waals surface area contributed by atoms with E-state index in [-0.39, 0.29) is 17.5 Å². The molecule has 3 rings (SSSR count). The Kier molecular flexibility index (Phi) is 5.43. The largest absolute Gasteiger partial charge is 0.416 e. The number of aromatic nitrogens is 1. The van der Waals surface area contributed by atoms with Crippen LogP contribution in [0.2, 0.25) is 0 Å². The Morgan fingerprint density at radius 3 is 2.26 bits per heavy atom. The molecular weight excluding hydrogens is 359 g/mol. The molecule has 5 nitrogen and oxygen atoms in total. The minimum atomic E-state index is -4.43. The average Bonchev–Trinajstić information content (AvgIpc) is 2.68. The molecule has 2 heterocycles. The van der Waals surface area contributed by atoms with Crippen molar-refractivity contribution in [2.75, 3.05) is 13.1 Å². The van der Waals surface area contributed by atoms with Gasteiger partial charge in [-0.3, -0.25) is 14.6 Å². The molecular formula is C19H18F3N3O2. The number of benzene rings is 1. The van der Waals surface area contributed by atoms with Crippen molar-refractivity contribution in [3.05, 3.63) is 65.5 Å². The number of hydrogen-bond acceptors (Lipinski definition) is 3. The van der Waals surface area contributed by atoms with Gasteiger partial charge in [0.1, 0.15) is 0 Å². The second kappa shape index (κ2) is 7.77. The lowest BCUT2D eigenvalue weighted by Crippen LogP contribution is -2.46. The Hall–Kier alpha value is -2.90. The van der Waals surface area contributed by atoms with E-state index in [9.17, 15) is 22.8 Å². The number of piperidine rings is 1. The summed E-state index contributed by atoms with van der Waals surface area (Å²) in [4.78, 5) is 30.2. The predicted molar refractivity (Wildman–Crippen MR) is 92.1 cm³/mol. The van der Waals surface area contributed by atoms with Crippen molar-refractivity contribution in [2.45, 2.75) is 25.1 Å². The zero-order valence-corrected chi connectivity index (χ0v) is 14.4. The number of carbonyl (C=O) groups is 2. The molecule has 0 spiro atoms. The van der Waals surface area contributed by atoms with Gasteiger partial charge in [-0.05, 0) is 49.2 Å². The Morgan fingerprint density at radius 2 is 1.70 bits per heavy atom. The van der Waals surface area contributed by atoms with E-state index < -0.39 is 17.6 Å². The summed E-state index contributed by atoms with van der Waals surface area (Å²) in [5.41, 5.74) is -0.0946. The third-order valence-electron chi connectivity index (χ3n) is 4.50. The lowest BCUT2D eigenvalue weighted by Gasteiger charge is -2.32. The molecule has 0 saturated carbocycles. The summed E-state index contributed by atoms with van der Waals surface area (Å²) in [5.74, 6) is -0.517. The first-order chi connectivity index (χ1) is 12.8. The van der Waals surface area contributed by atoms with Crippen LogP contribution in [0.15, 0.2) is 48.8 Å². The molecule has 1 fully saturated rings. The quantitative estimate of drug-likeness (QED) is 0.894. The van der Waals surface area contributed by atoms with Crippen LogP contribution in [0.4, 0.5) is 13.2 Å².